The maximum absolute atomic E-state index is 11.9. The number of ether oxygens (including phenoxy) is 1. The zero-order valence-electron chi connectivity index (χ0n) is 10.2. The second-order valence-corrected chi connectivity index (χ2v) is 6.76. The zero-order valence-corrected chi connectivity index (χ0v) is 12.5. The highest BCUT2D eigenvalue weighted by Gasteiger charge is 2.22. The molecule has 0 amide bonds. The summed E-state index contributed by atoms with van der Waals surface area (Å²) in [6, 6.07) is 1.25. The predicted octanol–water partition coefficient (Wildman–Crippen LogP) is 2.09. The van der Waals surface area contributed by atoms with Crippen molar-refractivity contribution >= 4 is 33.2 Å². The van der Waals surface area contributed by atoms with Crippen molar-refractivity contribution < 1.29 is 13.2 Å². The highest BCUT2D eigenvalue weighted by atomic mass is 35.5. The van der Waals surface area contributed by atoms with Gasteiger partial charge < -0.3 is 4.74 Å². The predicted molar refractivity (Wildman–Crippen MR) is 70.5 cm³/mol. The van der Waals surface area contributed by atoms with Crippen LogP contribution in [0.2, 0.25) is 10.2 Å². The molecule has 0 unspecified atom stereocenters. The van der Waals surface area contributed by atoms with E-state index in [1.54, 1.807) is 13.8 Å². The van der Waals surface area contributed by atoms with Crippen LogP contribution in [-0.2, 0) is 14.8 Å². The van der Waals surface area contributed by atoms with E-state index >= 15 is 0 Å². The van der Waals surface area contributed by atoms with Crippen LogP contribution in [0.15, 0.2) is 17.2 Å². The first-order valence-electron chi connectivity index (χ1n) is 5.04. The average molecular weight is 313 g/mol. The molecule has 18 heavy (non-hydrogen) atoms. The van der Waals surface area contributed by atoms with Gasteiger partial charge in [-0.3, -0.25) is 0 Å². The maximum atomic E-state index is 11.9. The van der Waals surface area contributed by atoms with E-state index < -0.39 is 15.6 Å². The summed E-state index contributed by atoms with van der Waals surface area (Å²) >= 11 is 11.4. The van der Waals surface area contributed by atoms with Gasteiger partial charge in [0.2, 0.25) is 10.0 Å². The van der Waals surface area contributed by atoms with Gasteiger partial charge in [0.05, 0.1) is 10.6 Å². The van der Waals surface area contributed by atoms with Gasteiger partial charge in [0.25, 0.3) is 0 Å². The monoisotopic (exact) mass is 312 g/mol. The molecule has 102 valence electrons. The summed E-state index contributed by atoms with van der Waals surface area (Å²) in [6.07, 6.45) is 1.15. The minimum atomic E-state index is -3.68. The van der Waals surface area contributed by atoms with Gasteiger partial charge in [0.1, 0.15) is 10.0 Å². The summed E-state index contributed by atoms with van der Waals surface area (Å²) in [5, 5.41) is 0.151. The van der Waals surface area contributed by atoms with Crippen LogP contribution in [0.3, 0.4) is 0 Å². The normalized spacial score (nSPS) is 12.7. The van der Waals surface area contributed by atoms with Gasteiger partial charge in [-0.1, -0.05) is 23.2 Å². The number of aromatic nitrogens is 1. The molecule has 0 aliphatic carbocycles. The standard InChI is InChI=1S/C10H14Cl2N2O3S/c1-10(2,17-3)6-14-18(15,16)7-4-8(11)9(12)13-5-7/h4-5,14H,6H2,1-3H3. The van der Waals surface area contributed by atoms with E-state index in [-0.39, 0.29) is 21.6 Å². The summed E-state index contributed by atoms with van der Waals surface area (Å²) in [5.74, 6) is 0. The summed E-state index contributed by atoms with van der Waals surface area (Å²) < 4.78 is 31.4. The fourth-order valence-corrected chi connectivity index (χ4v) is 2.48. The van der Waals surface area contributed by atoms with Gasteiger partial charge in [-0.25, -0.2) is 18.1 Å². The number of sulfonamides is 1. The minimum absolute atomic E-state index is 0.0381. The third kappa shape index (κ3) is 4.07. The van der Waals surface area contributed by atoms with Crippen molar-refractivity contribution in [3.05, 3.63) is 22.4 Å². The molecule has 0 atom stereocenters. The van der Waals surface area contributed by atoms with Crippen molar-refractivity contribution in [1.29, 1.82) is 0 Å². The molecule has 5 nitrogen and oxygen atoms in total. The topological polar surface area (TPSA) is 68.3 Å². The third-order valence-electron chi connectivity index (χ3n) is 2.32. The summed E-state index contributed by atoms with van der Waals surface area (Å²) in [4.78, 5) is 3.65. The Morgan fingerprint density at radius 2 is 2.06 bits per heavy atom. The van der Waals surface area contributed by atoms with Crippen molar-refractivity contribution in [3.8, 4) is 0 Å². The lowest BCUT2D eigenvalue weighted by Crippen LogP contribution is -2.39. The lowest BCUT2D eigenvalue weighted by atomic mass is 10.1. The maximum Gasteiger partial charge on any atom is 0.242 e. The first-order chi connectivity index (χ1) is 8.18. The Kier molecular flexibility index (Phi) is 4.97. The van der Waals surface area contributed by atoms with Gasteiger partial charge in [-0.05, 0) is 19.9 Å². The molecule has 1 N–H and O–H groups in total. The van der Waals surface area contributed by atoms with Gasteiger partial charge >= 0.3 is 0 Å². The fraction of sp³-hybridized carbons (Fsp3) is 0.500. The second kappa shape index (κ2) is 5.71. The largest absolute Gasteiger partial charge is 0.377 e. The number of nitrogens with one attached hydrogen (secondary N) is 1. The Balaban J connectivity index is 2.90. The van der Waals surface area contributed by atoms with E-state index in [2.05, 4.69) is 9.71 Å². The zero-order chi connectivity index (χ0) is 14.0. The Labute approximate surface area is 117 Å². The molecule has 8 heteroatoms. The smallest absolute Gasteiger partial charge is 0.242 e. The Bertz CT molecular complexity index is 532. The molecular formula is C10H14Cl2N2O3S. The van der Waals surface area contributed by atoms with Crippen LogP contribution >= 0.6 is 23.2 Å². The third-order valence-corrected chi connectivity index (χ3v) is 4.38. The molecule has 0 spiro atoms. The highest BCUT2D eigenvalue weighted by molar-refractivity contribution is 7.89. The summed E-state index contributed by atoms with van der Waals surface area (Å²) in [7, 11) is -2.17. The molecule has 0 saturated carbocycles. The molecule has 0 saturated heterocycles. The number of hydrogen-bond acceptors (Lipinski definition) is 4. The number of hydrogen-bond donors (Lipinski definition) is 1. The molecule has 0 bridgehead atoms. The molecule has 0 fully saturated rings. The van der Waals surface area contributed by atoms with Gasteiger partial charge in [0.15, 0.2) is 0 Å². The molecule has 1 heterocycles. The minimum Gasteiger partial charge on any atom is -0.377 e. The van der Waals surface area contributed by atoms with Gasteiger partial charge in [0, 0.05) is 19.9 Å². The molecule has 1 rings (SSSR count). The van der Waals surface area contributed by atoms with E-state index in [0.29, 0.717) is 0 Å². The fourth-order valence-electron chi connectivity index (χ4n) is 0.975. The summed E-state index contributed by atoms with van der Waals surface area (Å²) in [5.41, 5.74) is -0.600. The van der Waals surface area contributed by atoms with Crippen LogP contribution in [-0.4, -0.2) is 32.7 Å². The quantitative estimate of drug-likeness (QED) is 0.845. The molecule has 0 radical (unpaired) electrons. The molecule has 1 aromatic heterocycles. The number of pyridine rings is 1. The van der Waals surface area contributed by atoms with E-state index in [1.807, 2.05) is 0 Å². The Morgan fingerprint density at radius 1 is 1.44 bits per heavy atom. The van der Waals surface area contributed by atoms with Crippen LogP contribution in [0.5, 0.6) is 0 Å². The van der Waals surface area contributed by atoms with Crippen molar-refractivity contribution in [2.24, 2.45) is 0 Å². The lowest BCUT2D eigenvalue weighted by Gasteiger charge is -2.23. The van der Waals surface area contributed by atoms with Crippen LogP contribution in [0.1, 0.15) is 13.8 Å². The van der Waals surface area contributed by atoms with Crippen molar-refractivity contribution in [3.63, 3.8) is 0 Å². The van der Waals surface area contributed by atoms with Crippen LogP contribution in [0, 0.1) is 0 Å². The van der Waals surface area contributed by atoms with Crippen molar-refractivity contribution in [2.45, 2.75) is 24.3 Å². The Hall–Kier alpha value is -0.400. The Morgan fingerprint density at radius 3 is 2.56 bits per heavy atom. The van der Waals surface area contributed by atoms with Gasteiger partial charge in [-0.15, -0.1) is 0 Å². The molecule has 0 aromatic carbocycles. The van der Waals surface area contributed by atoms with Crippen LogP contribution in [0.25, 0.3) is 0 Å². The average Bonchev–Trinajstić information content (AvgIpc) is 2.30. The lowest BCUT2D eigenvalue weighted by molar-refractivity contribution is 0.0276. The van der Waals surface area contributed by atoms with E-state index in [9.17, 15) is 8.42 Å². The number of methoxy groups -OCH3 is 1. The highest BCUT2D eigenvalue weighted by Crippen LogP contribution is 2.22. The molecule has 0 aliphatic heterocycles. The SMILES string of the molecule is COC(C)(C)CNS(=O)(=O)c1cnc(Cl)c(Cl)c1. The molecular weight excluding hydrogens is 299 g/mol. The number of nitrogens with zero attached hydrogens (tertiary/aromatic N) is 1. The molecule has 0 aliphatic rings. The number of halogens is 2. The second-order valence-electron chi connectivity index (χ2n) is 4.23. The van der Waals surface area contributed by atoms with E-state index in [1.165, 1.54) is 13.2 Å². The van der Waals surface area contributed by atoms with E-state index in [0.717, 1.165) is 6.20 Å². The van der Waals surface area contributed by atoms with Crippen LogP contribution in [0.4, 0.5) is 0 Å². The first kappa shape index (κ1) is 15.7. The first-order valence-corrected chi connectivity index (χ1v) is 7.28. The van der Waals surface area contributed by atoms with Crippen LogP contribution < -0.4 is 4.72 Å². The van der Waals surface area contributed by atoms with Crippen molar-refractivity contribution in [1.82, 2.24) is 9.71 Å². The number of rotatable bonds is 5. The van der Waals surface area contributed by atoms with E-state index in [4.69, 9.17) is 27.9 Å². The molecule has 1 aromatic rings. The summed E-state index contributed by atoms with van der Waals surface area (Å²) in [6.45, 7) is 3.66. The van der Waals surface area contributed by atoms with Gasteiger partial charge in [-0.2, -0.15) is 0 Å². The van der Waals surface area contributed by atoms with Crippen molar-refractivity contribution in [2.75, 3.05) is 13.7 Å².